The summed E-state index contributed by atoms with van der Waals surface area (Å²) in [6, 6.07) is 0. The Morgan fingerprint density at radius 3 is 2.23 bits per heavy atom. The summed E-state index contributed by atoms with van der Waals surface area (Å²) in [6.07, 6.45) is 11.3. The Bertz CT molecular complexity index is 393. The lowest BCUT2D eigenvalue weighted by Gasteiger charge is -2.01. The first-order valence-corrected chi connectivity index (χ1v) is 8.23. The van der Waals surface area contributed by atoms with E-state index >= 15 is 0 Å². The number of aliphatic hydroxyl groups is 1. The lowest BCUT2D eigenvalue weighted by Crippen LogP contribution is -1.94. The molecule has 1 aliphatic rings. The van der Waals surface area contributed by atoms with Gasteiger partial charge in [0.15, 0.2) is 0 Å². The van der Waals surface area contributed by atoms with Crippen LogP contribution in [-0.4, -0.2) is 34.4 Å². The Hall–Kier alpha value is -1.26. The minimum atomic E-state index is 0.250. The van der Waals surface area contributed by atoms with Gasteiger partial charge in [0.05, 0.1) is 6.10 Å². The van der Waals surface area contributed by atoms with Crippen LogP contribution >= 0.6 is 0 Å². The van der Waals surface area contributed by atoms with E-state index in [0.29, 0.717) is 6.10 Å². The monoisotopic (exact) mass is 308 g/mol. The number of hydrogen-bond acceptors (Lipinski definition) is 4. The van der Waals surface area contributed by atoms with Crippen molar-refractivity contribution in [3.05, 3.63) is 29.4 Å². The number of aliphatic hydroxyl groups excluding tert-OH is 1. The Morgan fingerprint density at radius 1 is 1.27 bits per heavy atom. The molecule has 1 atom stereocenters. The van der Waals surface area contributed by atoms with Crippen LogP contribution in [-0.2, 0) is 4.74 Å². The molecule has 4 nitrogen and oxygen atoms in total. The van der Waals surface area contributed by atoms with Crippen LogP contribution in [0.2, 0.25) is 0 Å². The smallest absolute Gasteiger partial charge is 0.115 e. The van der Waals surface area contributed by atoms with Crippen molar-refractivity contribution in [2.24, 2.45) is 0 Å². The second kappa shape index (κ2) is 13.4. The van der Waals surface area contributed by atoms with Crippen molar-refractivity contribution in [1.29, 1.82) is 0 Å². The largest absolute Gasteiger partial charge is 0.397 e. The third kappa shape index (κ3) is 9.64. The van der Waals surface area contributed by atoms with Crippen LogP contribution in [0.4, 0.5) is 0 Å². The van der Waals surface area contributed by atoms with Crippen LogP contribution < -0.4 is 0 Å². The van der Waals surface area contributed by atoms with E-state index in [1.807, 2.05) is 13.8 Å². The second-order valence-electron chi connectivity index (χ2n) is 5.29. The molecule has 0 radical (unpaired) electrons. The van der Waals surface area contributed by atoms with Gasteiger partial charge in [-0.1, -0.05) is 25.5 Å². The highest BCUT2D eigenvalue weighted by molar-refractivity contribution is 5.53. The molecule has 1 N–H and O–H groups in total. The molecule has 126 valence electrons. The number of nitrogens with zero attached hydrogens (tertiary/aromatic N) is 2. The van der Waals surface area contributed by atoms with Gasteiger partial charge in [-0.25, -0.2) is 9.97 Å². The van der Waals surface area contributed by atoms with Gasteiger partial charge in [0.2, 0.25) is 0 Å². The molecule has 1 saturated heterocycles. The fraction of sp³-hybridized carbons (Fsp3) is 0.667. The maximum absolute atomic E-state index is 7.57. The Balaban J connectivity index is 0.000000404. The molecule has 2 rings (SSSR count). The van der Waals surface area contributed by atoms with Gasteiger partial charge in [-0.2, -0.15) is 0 Å². The van der Waals surface area contributed by atoms with Crippen molar-refractivity contribution in [3.63, 3.8) is 0 Å². The fourth-order valence-corrected chi connectivity index (χ4v) is 1.95. The molecular weight excluding hydrogens is 276 g/mol. The number of allylic oxidation sites excluding steroid dienone is 1. The van der Waals surface area contributed by atoms with Gasteiger partial charge in [0.25, 0.3) is 0 Å². The quantitative estimate of drug-likeness (QED) is 0.913. The fourth-order valence-electron chi connectivity index (χ4n) is 1.95. The van der Waals surface area contributed by atoms with Crippen molar-refractivity contribution in [3.8, 4) is 0 Å². The molecule has 1 aromatic rings. The van der Waals surface area contributed by atoms with Crippen molar-refractivity contribution in [1.82, 2.24) is 9.97 Å². The van der Waals surface area contributed by atoms with Gasteiger partial charge in [-0.3, -0.25) is 0 Å². The molecule has 1 aromatic heterocycles. The van der Waals surface area contributed by atoms with Gasteiger partial charge in [-0.05, 0) is 47.0 Å². The predicted octanol–water partition coefficient (Wildman–Crippen LogP) is 4.09. The lowest BCUT2D eigenvalue weighted by molar-refractivity contribution is 0.125. The molecule has 0 aliphatic carbocycles. The van der Waals surface area contributed by atoms with E-state index in [0.717, 1.165) is 30.0 Å². The van der Waals surface area contributed by atoms with Crippen LogP contribution in [0.1, 0.15) is 63.4 Å². The first-order chi connectivity index (χ1) is 10.6. The highest BCUT2D eigenvalue weighted by Gasteiger charge is 2.07. The summed E-state index contributed by atoms with van der Waals surface area (Å²) in [6.45, 7) is 11.2. The molecule has 2 heterocycles. The average molecular weight is 308 g/mol. The summed E-state index contributed by atoms with van der Waals surface area (Å²) < 4.78 is 5.15. The standard InChI is InChI=1S/C11H16N2.C5H10O.C2H6O/c1-4-5-6-7-11-9(2)12-8-13-10(11)3;1-5-3-2-4-6-5;1-2-3/h6-8H,4-5H2,1-3H3;5H,2-4H2,1H3;3H,2H2,1H3/b7-6-;;. The van der Waals surface area contributed by atoms with E-state index in [1.54, 1.807) is 13.3 Å². The zero-order valence-electron chi connectivity index (χ0n) is 14.8. The van der Waals surface area contributed by atoms with Crippen LogP contribution in [0, 0.1) is 13.8 Å². The maximum atomic E-state index is 7.57. The predicted molar refractivity (Wildman–Crippen MR) is 92.9 cm³/mol. The lowest BCUT2D eigenvalue weighted by atomic mass is 10.1. The number of aromatic nitrogens is 2. The molecule has 1 unspecified atom stereocenters. The molecule has 0 amide bonds. The van der Waals surface area contributed by atoms with Crippen LogP contribution in [0.5, 0.6) is 0 Å². The van der Waals surface area contributed by atoms with E-state index in [1.165, 1.54) is 19.3 Å². The van der Waals surface area contributed by atoms with Gasteiger partial charge < -0.3 is 9.84 Å². The summed E-state index contributed by atoms with van der Waals surface area (Å²) in [4.78, 5) is 8.31. The third-order valence-electron chi connectivity index (χ3n) is 3.18. The number of unbranched alkanes of at least 4 members (excludes halogenated alkanes) is 1. The van der Waals surface area contributed by atoms with Gasteiger partial charge >= 0.3 is 0 Å². The van der Waals surface area contributed by atoms with E-state index in [2.05, 4.69) is 36.0 Å². The Kier molecular flexibility index (Phi) is 12.6. The van der Waals surface area contributed by atoms with E-state index in [-0.39, 0.29) is 6.61 Å². The van der Waals surface area contributed by atoms with Crippen molar-refractivity contribution < 1.29 is 9.84 Å². The molecule has 0 bridgehead atoms. The van der Waals surface area contributed by atoms with Crippen LogP contribution in [0.3, 0.4) is 0 Å². The number of hydrogen-bond donors (Lipinski definition) is 1. The number of rotatable bonds is 3. The molecule has 4 heteroatoms. The van der Waals surface area contributed by atoms with E-state index in [4.69, 9.17) is 9.84 Å². The normalized spacial score (nSPS) is 16.7. The van der Waals surface area contributed by atoms with Crippen LogP contribution in [0.15, 0.2) is 12.4 Å². The SMILES string of the molecule is CC1CCCO1.CCC/C=C\c1c(C)ncnc1C.CCO. The van der Waals surface area contributed by atoms with Crippen molar-refractivity contribution in [2.45, 2.75) is 66.4 Å². The number of aryl methyl sites for hydroxylation is 2. The summed E-state index contributed by atoms with van der Waals surface area (Å²) in [5.74, 6) is 0. The average Bonchev–Trinajstić information content (AvgIpc) is 2.95. The Morgan fingerprint density at radius 2 is 1.86 bits per heavy atom. The highest BCUT2D eigenvalue weighted by Crippen LogP contribution is 2.10. The molecule has 0 spiro atoms. The maximum Gasteiger partial charge on any atom is 0.115 e. The highest BCUT2D eigenvalue weighted by atomic mass is 16.5. The Labute approximate surface area is 135 Å². The molecule has 1 aliphatic heterocycles. The van der Waals surface area contributed by atoms with Crippen LogP contribution in [0.25, 0.3) is 6.08 Å². The summed E-state index contributed by atoms with van der Waals surface area (Å²) in [5.41, 5.74) is 3.27. The van der Waals surface area contributed by atoms with E-state index in [9.17, 15) is 0 Å². The minimum Gasteiger partial charge on any atom is -0.397 e. The zero-order valence-corrected chi connectivity index (χ0v) is 14.8. The molecule has 1 fully saturated rings. The van der Waals surface area contributed by atoms with Gasteiger partial charge in [-0.15, -0.1) is 0 Å². The first kappa shape index (κ1) is 20.7. The summed E-state index contributed by atoms with van der Waals surface area (Å²) in [7, 11) is 0. The molecule has 0 aromatic carbocycles. The van der Waals surface area contributed by atoms with Gasteiger partial charge in [0.1, 0.15) is 6.33 Å². The van der Waals surface area contributed by atoms with E-state index < -0.39 is 0 Å². The summed E-state index contributed by atoms with van der Waals surface area (Å²) in [5, 5.41) is 7.57. The topological polar surface area (TPSA) is 55.2 Å². The first-order valence-electron chi connectivity index (χ1n) is 8.23. The second-order valence-corrected chi connectivity index (χ2v) is 5.29. The minimum absolute atomic E-state index is 0.250. The van der Waals surface area contributed by atoms with Crippen molar-refractivity contribution in [2.75, 3.05) is 13.2 Å². The van der Waals surface area contributed by atoms with Gasteiger partial charge in [0, 0.05) is 30.2 Å². The molecule has 0 saturated carbocycles. The molecular formula is C18H32N2O2. The van der Waals surface area contributed by atoms with Crippen molar-refractivity contribution >= 4 is 6.08 Å². The summed E-state index contributed by atoms with van der Waals surface area (Å²) >= 11 is 0. The third-order valence-corrected chi connectivity index (χ3v) is 3.18. The zero-order chi connectivity index (χ0) is 16.8. The number of ether oxygens (including phenoxy) is 1. The molecule has 22 heavy (non-hydrogen) atoms.